The van der Waals surface area contributed by atoms with Crippen molar-refractivity contribution in [1.29, 1.82) is 0 Å². The van der Waals surface area contributed by atoms with Gasteiger partial charge in [-0.3, -0.25) is 19.2 Å². The minimum absolute atomic E-state index is 0. The van der Waals surface area contributed by atoms with E-state index in [0.717, 1.165) is 15.4 Å². The molecule has 43 heavy (non-hydrogen) atoms. The molecule has 0 bridgehead atoms. The summed E-state index contributed by atoms with van der Waals surface area (Å²) in [6.07, 6.45) is 0. The van der Waals surface area contributed by atoms with E-state index in [1.54, 1.807) is 43.3 Å². The van der Waals surface area contributed by atoms with Gasteiger partial charge in [-0.1, -0.05) is 12.1 Å². The molecule has 2 aromatic carbocycles. The van der Waals surface area contributed by atoms with E-state index in [-0.39, 0.29) is 229 Å². The summed E-state index contributed by atoms with van der Waals surface area (Å²) in [5.41, 5.74) is 2.02. The molecule has 0 amide bonds. The van der Waals surface area contributed by atoms with E-state index in [9.17, 15) is 39.6 Å². The molecule has 0 atom stereocenters. The first-order valence-electron chi connectivity index (χ1n) is 11.5. The number of ether oxygens (including phenoxy) is 2. The van der Waals surface area contributed by atoms with E-state index in [1.807, 2.05) is 0 Å². The third-order valence-corrected chi connectivity index (χ3v) is 5.52. The number of hydrogen-bond donors (Lipinski definition) is 4. The van der Waals surface area contributed by atoms with Gasteiger partial charge in [0.2, 0.25) is 0 Å². The molecule has 3 rings (SSSR count). The van der Waals surface area contributed by atoms with Crippen LogP contribution in [0.25, 0.3) is 10.9 Å². The summed E-state index contributed by atoms with van der Waals surface area (Å²) in [5, 5.41) is 37.8. The number of anilines is 2. The van der Waals surface area contributed by atoms with Gasteiger partial charge in [-0.25, -0.2) is 4.98 Å². The number of aryl methyl sites for hydroxylation is 1. The Morgan fingerprint density at radius 1 is 0.721 bits per heavy atom. The summed E-state index contributed by atoms with van der Waals surface area (Å²) in [6, 6.07) is 11.4. The number of carboxylic acid groups (broad SMARTS) is 4. The van der Waals surface area contributed by atoms with Gasteiger partial charge in [0.05, 0.1) is 29.7 Å². The second kappa shape index (κ2) is 22.9. The second-order valence-corrected chi connectivity index (χ2v) is 8.57. The first kappa shape index (κ1) is 46.6. The number of rotatable bonds is 14. The maximum absolute atomic E-state index is 11.4. The minimum atomic E-state index is -1.23. The van der Waals surface area contributed by atoms with Crippen LogP contribution in [-0.2, 0) is 25.8 Å². The zero-order valence-corrected chi connectivity index (χ0v) is 21.2. The van der Waals surface area contributed by atoms with Crippen molar-refractivity contribution in [2.24, 2.45) is 0 Å². The number of hydrogen-bond acceptors (Lipinski definition) is 9. The van der Waals surface area contributed by atoms with Crippen molar-refractivity contribution in [3.05, 3.63) is 53.7 Å². The Labute approximate surface area is 418 Å². The Balaban J connectivity index is 0. The van der Waals surface area contributed by atoms with Crippen molar-refractivity contribution in [2.45, 2.75) is 13.5 Å². The molecular formula is C26H31K4N3O10. The predicted octanol–water partition coefficient (Wildman–Crippen LogP) is -0.512. The van der Waals surface area contributed by atoms with Crippen LogP contribution in [0.2, 0.25) is 0 Å². The first-order valence-corrected chi connectivity index (χ1v) is 11.5. The van der Waals surface area contributed by atoms with Crippen LogP contribution in [0.3, 0.4) is 0 Å². The van der Waals surface area contributed by atoms with Gasteiger partial charge in [-0.2, -0.15) is 0 Å². The Morgan fingerprint density at radius 3 is 1.72 bits per heavy atom. The Kier molecular flexibility index (Phi) is 24.9. The van der Waals surface area contributed by atoms with Crippen molar-refractivity contribution in [3.63, 3.8) is 0 Å². The third kappa shape index (κ3) is 15.1. The molecule has 0 aliphatic rings. The molecule has 13 nitrogen and oxygen atoms in total. The molecule has 0 saturated carbocycles. The number of fused-ring (bicyclic) bond motifs is 1. The Bertz CT molecular complexity index is 1400. The zero-order chi connectivity index (χ0) is 28.7. The van der Waals surface area contributed by atoms with Gasteiger partial charge >= 0.3 is 229 Å². The number of aliphatic carboxylic acids is 4. The van der Waals surface area contributed by atoms with Gasteiger partial charge in [0, 0.05) is 11.5 Å². The Hall–Kier alpha value is 1.48. The van der Waals surface area contributed by atoms with Gasteiger partial charge in [-0.15, -0.1) is 0 Å². The van der Waals surface area contributed by atoms with Gasteiger partial charge in [0.25, 0.3) is 0 Å². The van der Waals surface area contributed by atoms with Crippen molar-refractivity contribution < 1.29 is 49.1 Å². The fourth-order valence-electron chi connectivity index (χ4n) is 3.92. The van der Waals surface area contributed by atoms with E-state index in [2.05, 4.69) is 4.98 Å². The second-order valence-electron chi connectivity index (χ2n) is 8.57. The molecule has 1 heterocycles. The molecule has 0 unspecified atom stereocenters. The molecule has 3 aromatic rings. The number of benzene rings is 2. The normalized spacial score (nSPS) is 9.63. The fraction of sp³-hybridized carbons (Fsp3) is 0.269. The summed E-state index contributed by atoms with van der Waals surface area (Å²) in [5.74, 6) is -4.27. The van der Waals surface area contributed by atoms with E-state index < -0.39 is 50.1 Å². The van der Waals surface area contributed by atoms with Crippen LogP contribution in [0.15, 0.2) is 42.5 Å². The number of aromatic nitrogens is 1. The summed E-state index contributed by atoms with van der Waals surface area (Å²) in [7, 11) is 1.43. The van der Waals surface area contributed by atoms with E-state index in [4.69, 9.17) is 9.47 Å². The van der Waals surface area contributed by atoms with E-state index >= 15 is 0 Å². The predicted molar refractivity (Wildman–Crippen MR) is 167 cm³/mol. The summed E-state index contributed by atoms with van der Waals surface area (Å²) in [4.78, 5) is 52.5. The van der Waals surface area contributed by atoms with E-state index in [0.29, 0.717) is 22.3 Å². The quantitative estimate of drug-likeness (QED) is 0.158. The first-order chi connectivity index (χ1) is 18.5. The monoisotopic (exact) mass is 701 g/mol. The standard InChI is InChI=1S/C26H27N3O10.4K.4H/c1-15-3-6-19(28(10-22(30)31)11-23(32)33)21(7-15)39-14-17-5-4-16-8-18(38-2)9-20(26(16)27-17)29(12-24(34)35)13-25(36)37;;;;;;;;/h3-9H,10-14H2,1-2H3,(H,30,31)(H,32,33)(H,34,35)(H,36,37);;;;;;;;. The van der Waals surface area contributed by atoms with Crippen LogP contribution in [-0.4, -0.2) is 288 Å². The van der Waals surface area contributed by atoms with Crippen LogP contribution in [0.5, 0.6) is 11.5 Å². The Morgan fingerprint density at radius 2 is 1.23 bits per heavy atom. The summed E-state index contributed by atoms with van der Waals surface area (Å²) >= 11 is 0. The number of pyridine rings is 1. The van der Waals surface area contributed by atoms with E-state index in [1.165, 1.54) is 13.2 Å². The molecule has 0 saturated heterocycles. The van der Waals surface area contributed by atoms with Gasteiger partial charge in [0.1, 0.15) is 44.3 Å². The molecular weight excluding hydrogens is 671 g/mol. The molecule has 4 N–H and O–H groups in total. The van der Waals surface area contributed by atoms with Crippen molar-refractivity contribution in [1.82, 2.24) is 4.98 Å². The number of carbonyl (C=O) groups is 4. The van der Waals surface area contributed by atoms with Gasteiger partial charge in [0.15, 0.2) is 0 Å². The zero-order valence-electron chi connectivity index (χ0n) is 21.2. The molecule has 0 aliphatic carbocycles. The maximum atomic E-state index is 11.4. The molecule has 214 valence electrons. The fourth-order valence-corrected chi connectivity index (χ4v) is 3.92. The number of methoxy groups -OCH3 is 1. The number of carboxylic acids is 4. The average Bonchev–Trinajstić information content (AvgIpc) is 2.84. The van der Waals surface area contributed by atoms with Crippen LogP contribution in [0.4, 0.5) is 11.4 Å². The van der Waals surface area contributed by atoms with Gasteiger partial charge < -0.3 is 39.7 Å². The van der Waals surface area contributed by atoms with Crippen molar-refractivity contribution in [2.75, 3.05) is 43.1 Å². The molecule has 0 aliphatic heterocycles. The average molecular weight is 702 g/mol. The third-order valence-electron chi connectivity index (χ3n) is 5.52. The molecule has 0 fully saturated rings. The molecule has 0 radical (unpaired) electrons. The van der Waals surface area contributed by atoms with Crippen LogP contribution >= 0.6 is 0 Å². The van der Waals surface area contributed by atoms with Crippen molar-refractivity contribution in [3.8, 4) is 11.5 Å². The van der Waals surface area contributed by atoms with Gasteiger partial charge in [-0.05, 0) is 36.8 Å². The van der Waals surface area contributed by atoms with Crippen LogP contribution < -0.4 is 19.3 Å². The topological polar surface area (TPSA) is 187 Å². The van der Waals surface area contributed by atoms with Crippen LogP contribution in [0, 0.1) is 6.92 Å². The summed E-state index contributed by atoms with van der Waals surface area (Å²) < 4.78 is 11.3. The SMILES string of the molecule is COc1cc(N(CC(=O)O)CC(=O)O)c2nc(COc3cc(C)ccc3N(CC(=O)O)CC(=O)O)ccc2c1.[KH].[KH].[KH].[KH]. The summed E-state index contributed by atoms with van der Waals surface area (Å²) in [6.45, 7) is -0.617. The van der Waals surface area contributed by atoms with Crippen LogP contribution in [0.1, 0.15) is 11.3 Å². The van der Waals surface area contributed by atoms with Crippen molar-refractivity contribution >= 4 is 252 Å². The molecule has 1 aromatic heterocycles. The number of nitrogens with zero attached hydrogens (tertiary/aromatic N) is 3. The molecule has 0 spiro atoms. The molecule has 17 heteroatoms.